The summed E-state index contributed by atoms with van der Waals surface area (Å²) < 4.78 is 29.1. The molecule has 1 saturated heterocycles. The summed E-state index contributed by atoms with van der Waals surface area (Å²) in [5.41, 5.74) is 1.54. The van der Waals surface area contributed by atoms with Crippen LogP contribution in [0.5, 0.6) is 0 Å². The first-order chi connectivity index (χ1) is 15.6. The molecule has 4 amide bonds. The van der Waals surface area contributed by atoms with E-state index in [4.69, 9.17) is 11.6 Å². The van der Waals surface area contributed by atoms with Crippen molar-refractivity contribution in [1.82, 2.24) is 15.5 Å². The lowest BCUT2D eigenvalue weighted by Gasteiger charge is -2.29. The largest absolute Gasteiger partial charge is 0.349 e. The normalized spacial score (nSPS) is 20.8. The Labute approximate surface area is 193 Å². The van der Waals surface area contributed by atoms with Gasteiger partial charge in [0.2, 0.25) is 11.8 Å². The number of hydrogen-bond acceptors (Lipinski definition) is 4. The molecule has 0 saturated carbocycles. The van der Waals surface area contributed by atoms with E-state index in [2.05, 4.69) is 17.2 Å². The highest BCUT2D eigenvalue weighted by Crippen LogP contribution is 2.34. The first kappa shape index (κ1) is 22.8. The number of carbonyl (C=O) groups excluding carboxylic acids is 4. The molecule has 2 aliphatic heterocycles. The Bertz CT molecular complexity index is 1160. The van der Waals surface area contributed by atoms with Gasteiger partial charge < -0.3 is 10.2 Å². The van der Waals surface area contributed by atoms with Gasteiger partial charge in [-0.15, -0.1) is 0 Å². The number of nitrogens with one attached hydrogen (secondary N) is 2. The molecule has 0 bridgehead atoms. The first-order valence-electron chi connectivity index (χ1n) is 10.3. The molecule has 33 heavy (non-hydrogen) atoms. The molecule has 4 rings (SSSR count). The Hall–Kier alpha value is -3.33. The van der Waals surface area contributed by atoms with Crippen molar-refractivity contribution in [3.63, 3.8) is 0 Å². The van der Waals surface area contributed by atoms with Gasteiger partial charge in [0.25, 0.3) is 11.8 Å². The van der Waals surface area contributed by atoms with Crippen molar-refractivity contribution in [1.29, 1.82) is 0 Å². The van der Waals surface area contributed by atoms with Crippen LogP contribution in [0.3, 0.4) is 0 Å². The van der Waals surface area contributed by atoms with Gasteiger partial charge in [-0.05, 0) is 41.7 Å². The number of piperidine rings is 1. The molecule has 2 heterocycles. The zero-order valence-corrected chi connectivity index (χ0v) is 18.2. The fourth-order valence-corrected chi connectivity index (χ4v) is 4.20. The molecule has 0 radical (unpaired) electrons. The Morgan fingerprint density at radius 1 is 1.30 bits per heavy atom. The van der Waals surface area contributed by atoms with E-state index in [0.717, 1.165) is 6.08 Å². The average molecular weight is 476 g/mol. The lowest BCUT2D eigenvalue weighted by atomic mass is 9.98. The molecule has 3 aliphatic rings. The van der Waals surface area contributed by atoms with E-state index in [0.29, 0.717) is 22.3 Å². The maximum atomic E-state index is 14.6. The van der Waals surface area contributed by atoms with Gasteiger partial charge in [-0.3, -0.25) is 24.5 Å². The summed E-state index contributed by atoms with van der Waals surface area (Å²) in [5, 5.41) is 4.55. The third kappa shape index (κ3) is 4.32. The summed E-state index contributed by atoms with van der Waals surface area (Å²) in [7, 11) is 0. The SMILES string of the molecule is C=C1CC=C(C(F)(F)C(=O)NCc2ccc3c(c2)CN(C2CCC(=O)NC2=O)C3=O)C=C1Cl. The fourth-order valence-electron chi connectivity index (χ4n) is 4.01. The van der Waals surface area contributed by atoms with Crippen LogP contribution in [0.1, 0.15) is 40.7 Å². The molecule has 1 atom stereocenters. The number of halogens is 3. The van der Waals surface area contributed by atoms with Crippen LogP contribution < -0.4 is 10.6 Å². The van der Waals surface area contributed by atoms with Crippen molar-refractivity contribution < 1.29 is 28.0 Å². The highest BCUT2D eigenvalue weighted by Gasteiger charge is 2.43. The molecule has 0 aromatic heterocycles. The van der Waals surface area contributed by atoms with Crippen LogP contribution in [-0.4, -0.2) is 40.5 Å². The van der Waals surface area contributed by atoms with E-state index in [9.17, 15) is 28.0 Å². The number of fused-ring (bicyclic) bond motifs is 1. The van der Waals surface area contributed by atoms with Crippen molar-refractivity contribution >= 4 is 35.2 Å². The summed E-state index contributed by atoms with van der Waals surface area (Å²) in [4.78, 5) is 49.8. The van der Waals surface area contributed by atoms with Crippen LogP contribution in [0.25, 0.3) is 0 Å². The first-order valence-corrected chi connectivity index (χ1v) is 10.6. The lowest BCUT2D eigenvalue weighted by Crippen LogP contribution is -2.52. The van der Waals surface area contributed by atoms with E-state index in [-0.39, 0.29) is 49.2 Å². The van der Waals surface area contributed by atoms with Gasteiger partial charge in [-0.25, -0.2) is 0 Å². The Balaban J connectivity index is 1.42. The maximum Gasteiger partial charge on any atom is 0.349 e. The van der Waals surface area contributed by atoms with Crippen molar-refractivity contribution in [3.05, 3.63) is 69.8 Å². The van der Waals surface area contributed by atoms with Crippen LogP contribution in [0.4, 0.5) is 8.78 Å². The number of allylic oxidation sites excluding steroid dienone is 4. The summed E-state index contributed by atoms with van der Waals surface area (Å²) in [6, 6.07) is 3.99. The number of nitrogens with zero attached hydrogens (tertiary/aromatic N) is 1. The molecule has 10 heteroatoms. The minimum atomic E-state index is -3.77. The molecule has 7 nitrogen and oxygen atoms in total. The van der Waals surface area contributed by atoms with Crippen molar-refractivity contribution in [2.75, 3.05) is 0 Å². The van der Waals surface area contributed by atoms with Crippen LogP contribution >= 0.6 is 11.6 Å². The van der Waals surface area contributed by atoms with Gasteiger partial charge in [-0.1, -0.05) is 36.4 Å². The van der Waals surface area contributed by atoms with E-state index in [1.54, 1.807) is 18.2 Å². The predicted molar refractivity (Wildman–Crippen MR) is 115 cm³/mol. The second-order valence-electron chi connectivity index (χ2n) is 8.11. The zero-order chi connectivity index (χ0) is 23.9. The third-order valence-electron chi connectivity index (χ3n) is 5.88. The number of alkyl halides is 2. The van der Waals surface area contributed by atoms with E-state index in [1.165, 1.54) is 11.0 Å². The smallest absolute Gasteiger partial charge is 0.346 e. The minimum Gasteiger partial charge on any atom is -0.346 e. The molecule has 1 fully saturated rings. The molecule has 172 valence electrons. The van der Waals surface area contributed by atoms with E-state index < -0.39 is 29.4 Å². The summed E-state index contributed by atoms with van der Waals surface area (Å²) in [6.45, 7) is 3.63. The number of imide groups is 1. The van der Waals surface area contributed by atoms with E-state index in [1.807, 2.05) is 0 Å². The van der Waals surface area contributed by atoms with Crippen LogP contribution in [-0.2, 0) is 27.5 Å². The Morgan fingerprint density at radius 2 is 2.06 bits per heavy atom. The minimum absolute atomic E-state index is 0.0869. The van der Waals surface area contributed by atoms with Gasteiger partial charge in [0.15, 0.2) is 0 Å². The summed E-state index contributed by atoms with van der Waals surface area (Å²) >= 11 is 5.88. The average Bonchev–Trinajstić information content (AvgIpc) is 3.09. The molecule has 2 N–H and O–H groups in total. The number of amides is 4. The van der Waals surface area contributed by atoms with Crippen LogP contribution in [0, 0.1) is 0 Å². The standard InChI is InChI=1S/C23H20ClF2N3O4/c1-12-2-4-15(9-17(12)24)23(25,26)22(33)27-10-13-3-5-16-14(8-13)11-29(21(16)32)18-6-7-19(30)28-20(18)31/h3-5,8-9,18H,1-2,6-7,10-11H2,(H,27,33)(H,28,30,31). The Kier molecular flexibility index (Phi) is 5.92. The number of benzene rings is 1. The quantitative estimate of drug-likeness (QED) is 0.640. The predicted octanol–water partition coefficient (Wildman–Crippen LogP) is 2.71. The van der Waals surface area contributed by atoms with Gasteiger partial charge in [0.05, 0.1) is 0 Å². The zero-order valence-electron chi connectivity index (χ0n) is 17.4. The van der Waals surface area contributed by atoms with Crippen molar-refractivity contribution in [2.45, 2.75) is 44.3 Å². The molecular formula is C23H20ClF2N3O4. The van der Waals surface area contributed by atoms with Gasteiger partial charge in [-0.2, -0.15) is 8.78 Å². The monoisotopic (exact) mass is 475 g/mol. The van der Waals surface area contributed by atoms with E-state index >= 15 is 0 Å². The third-order valence-corrected chi connectivity index (χ3v) is 6.25. The second kappa shape index (κ2) is 8.55. The fraction of sp³-hybridized carbons (Fsp3) is 0.304. The number of hydrogen-bond donors (Lipinski definition) is 2. The number of carbonyl (C=O) groups is 4. The summed E-state index contributed by atoms with van der Waals surface area (Å²) in [5.74, 6) is -6.46. The van der Waals surface area contributed by atoms with Gasteiger partial charge in [0.1, 0.15) is 6.04 Å². The molecule has 1 aromatic rings. The molecule has 1 unspecified atom stereocenters. The lowest BCUT2D eigenvalue weighted by molar-refractivity contribution is -0.140. The number of rotatable bonds is 5. The molecule has 1 aromatic carbocycles. The maximum absolute atomic E-state index is 14.6. The van der Waals surface area contributed by atoms with Gasteiger partial charge in [0, 0.05) is 35.7 Å². The highest BCUT2D eigenvalue weighted by molar-refractivity contribution is 6.32. The molecular weight excluding hydrogens is 456 g/mol. The Morgan fingerprint density at radius 3 is 2.76 bits per heavy atom. The molecule has 1 aliphatic carbocycles. The highest BCUT2D eigenvalue weighted by atomic mass is 35.5. The van der Waals surface area contributed by atoms with Crippen molar-refractivity contribution in [2.24, 2.45) is 0 Å². The topological polar surface area (TPSA) is 95.6 Å². The molecule has 0 spiro atoms. The second-order valence-corrected chi connectivity index (χ2v) is 8.52. The van der Waals surface area contributed by atoms with Crippen LogP contribution in [0.2, 0.25) is 0 Å². The van der Waals surface area contributed by atoms with Crippen LogP contribution in [0.15, 0.2) is 53.1 Å². The van der Waals surface area contributed by atoms with Gasteiger partial charge >= 0.3 is 5.92 Å². The summed E-state index contributed by atoms with van der Waals surface area (Å²) in [6.07, 6.45) is 2.78. The van der Waals surface area contributed by atoms with Crippen molar-refractivity contribution in [3.8, 4) is 0 Å².